The monoisotopic (exact) mass is 301 g/mol. The third-order valence-electron chi connectivity index (χ3n) is 2.76. The lowest BCUT2D eigenvalue weighted by Crippen LogP contribution is -2.28. The Morgan fingerprint density at radius 1 is 1.23 bits per heavy atom. The number of carbonyl (C=O) groups is 2. The summed E-state index contributed by atoms with van der Waals surface area (Å²) in [4.78, 5) is 38.8. The number of ether oxygens (including phenoxy) is 1. The maximum absolute atomic E-state index is 11.9. The van der Waals surface area contributed by atoms with E-state index in [4.69, 9.17) is 4.74 Å². The molecule has 0 fully saturated rings. The molecule has 0 spiro atoms. The topological polar surface area (TPSA) is 90.3 Å². The zero-order chi connectivity index (χ0) is 15.9. The van der Waals surface area contributed by atoms with Crippen molar-refractivity contribution in [3.05, 3.63) is 58.6 Å². The highest BCUT2D eigenvalue weighted by Gasteiger charge is 2.09. The molecule has 7 nitrogen and oxygen atoms in total. The Kier molecular flexibility index (Phi) is 5.02. The van der Waals surface area contributed by atoms with Crippen LogP contribution in [0.3, 0.4) is 0 Å². The standard InChI is InChI=1S/C15H15N3O4/c1-2-22-13(19)10-18-9-8-12(17-15(18)21)16-14(20)11-6-4-3-5-7-11/h3-9H,2,10H2,1H3,(H,16,17,20,21). The van der Waals surface area contributed by atoms with Crippen molar-refractivity contribution in [1.29, 1.82) is 0 Å². The van der Waals surface area contributed by atoms with Crippen LogP contribution in [0.25, 0.3) is 0 Å². The first-order valence-corrected chi connectivity index (χ1v) is 6.69. The lowest BCUT2D eigenvalue weighted by atomic mass is 10.2. The smallest absolute Gasteiger partial charge is 0.350 e. The second kappa shape index (κ2) is 7.16. The average molecular weight is 301 g/mol. The Labute approximate surface area is 126 Å². The van der Waals surface area contributed by atoms with E-state index in [2.05, 4.69) is 10.3 Å². The average Bonchev–Trinajstić information content (AvgIpc) is 2.51. The quantitative estimate of drug-likeness (QED) is 0.834. The van der Waals surface area contributed by atoms with Crippen LogP contribution in [0.4, 0.5) is 5.82 Å². The molecule has 0 atom stereocenters. The van der Waals surface area contributed by atoms with Crippen molar-refractivity contribution in [1.82, 2.24) is 9.55 Å². The fourth-order valence-electron chi connectivity index (χ4n) is 1.74. The number of anilines is 1. The maximum Gasteiger partial charge on any atom is 0.350 e. The Morgan fingerprint density at radius 3 is 2.59 bits per heavy atom. The van der Waals surface area contributed by atoms with Gasteiger partial charge in [0, 0.05) is 11.8 Å². The third kappa shape index (κ3) is 4.02. The van der Waals surface area contributed by atoms with Gasteiger partial charge in [-0.15, -0.1) is 0 Å². The van der Waals surface area contributed by atoms with Gasteiger partial charge in [0.2, 0.25) is 0 Å². The van der Waals surface area contributed by atoms with Crippen LogP contribution >= 0.6 is 0 Å². The number of rotatable bonds is 5. The predicted molar refractivity (Wildman–Crippen MR) is 79.5 cm³/mol. The number of nitrogens with zero attached hydrogens (tertiary/aromatic N) is 2. The number of esters is 1. The summed E-state index contributed by atoms with van der Waals surface area (Å²) in [6.45, 7) is 1.71. The number of carbonyl (C=O) groups excluding carboxylic acids is 2. The first kappa shape index (κ1) is 15.4. The molecule has 0 aliphatic carbocycles. The molecule has 0 bridgehead atoms. The van der Waals surface area contributed by atoms with Crippen LogP contribution in [0.15, 0.2) is 47.4 Å². The molecule has 0 saturated heterocycles. The highest BCUT2D eigenvalue weighted by atomic mass is 16.5. The summed E-state index contributed by atoms with van der Waals surface area (Å²) < 4.78 is 5.86. The molecule has 1 amide bonds. The van der Waals surface area contributed by atoms with Gasteiger partial charge in [-0.2, -0.15) is 4.98 Å². The first-order chi connectivity index (χ1) is 10.6. The summed E-state index contributed by atoms with van der Waals surface area (Å²) in [7, 11) is 0. The Balaban J connectivity index is 2.08. The SMILES string of the molecule is CCOC(=O)Cn1ccc(NC(=O)c2ccccc2)nc1=O. The van der Waals surface area contributed by atoms with Crippen LogP contribution < -0.4 is 11.0 Å². The van der Waals surface area contributed by atoms with E-state index in [0.29, 0.717) is 5.56 Å². The van der Waals surface area contributed by atoms with Crippen molar-refractivity contribution in [2.45, 2.75) is 13.5 Å². The molecule has 2 rings (SSSR count). The van der Waals surface area contributed by atoms with Crippen molar-refractivity contribution in [3.8, 4) is 0 Å². The number of hydrogen-bond acceptors (Lipinski definition) is 5. The van der Waals surface area contributed by atoms with Gasteiger partial charge in [-0.1, -0.05) is 18.2 Å². The van der Waals surface area contributed by atoms with Gasteiger partial charge < -0.3 is 10.1 Å². The van der Waals surface area contributed by atoms with Crippen molar-refractivity contribution in [3.63, 3.8) is 0 Å². The van der Waals surface area contributed by atoms with E-state index in [-0.39, 0.29) is 24.9 Å². The molecule has 114 valence electrons. The minimum absolute atomic E-state index is 0.124. The minimum Gasteiger partial charge on any atom is -0.465 e. The van der Waals surface area contributed by atoms with Crippen LogP contribution in [0.5, 0.6) is 0 Å². The Morgan fingerprint density at radius 2 is 1.95 bits per heavy atom. The van der Waals surface area contributed by atoms with E-state index >= 15 is 0 Å². The number of amides is 1. The maximum atomic E-state index is 11.9. The molecule has 1 aromatic heterocycles. The summed E-state index contributed by atoms with van der Waals surface area (Å²) >= 11 is 0. The minimum atomic E-state index is -0.640. The molecule has 0 saturated carbocycles. The second-order valence-corrected chi connectivity index (χ2v) is 4.35. The summed E-state index contributed by atoms with van der Waals surface area (Å²) in [6.07, 6.45) is 1.38. The summed E-state index contributed by atoms with van der Waals surface area (Å²) in [5, 5.41) is 2.53. The predicted octanol–water partition coefficient (Wildman–Crippen LogP) is 1.06. The lowest BCUT2D eigenvalue weighted by Gasteiger charge is -2.07. The van der Waals surface area contributed by atoms with Gasteiger partial charge in [-0.3, -0.25) is 14.2 Å². The van der Waals surface area contributed by atoms with E-state index < -0.39 is 11.7 Å². The molecule has 1 heterocycles. The highest BCUT2D eigenvalue weighted by Crippen LogP contribution is 2.04. The Bertz CT molecular complexity index is 725. The van der Waals surface area contributed by atoms with Crippen LogP contribution in [-0.4, -0.2) is 28.0 Å². The highest BCUT2D eigenvalue weighted by molar-refractivity contribution is 6.03. The van der Waals surface area contributed by atoms with Gasteiger partial charge in [-0.05, 0) is 25.1 Å². The molecule has 0 radical (unpaired) electrons. The summed E-state index contributed by atoms with van der Waals surface area (Å²) in [6, 6.07) is 10.0. The van der Waals surface area contributed by atoms with E-state index in [0.717, 1.165) is 4.57 Å². The summed E-state index contributed by atoms with van der Waals surface area (Å²) in [5.41, 5.74) is -0.182. The second-order valence-electron chi connectivity index (χ2n) is 4.35. The normalized spacial score (nSPS) is 10.0. The van der Waals surface area contributed by atoms with E-state index in [1.165, 1.54) is 12.3 Å². The van der Waals surface area contributed by atoms with E-state index in [9.17, 15) is 14.4 Å². The number of nitrogens with one attached hydrogen (secondary N) is 1. The van der Waals surface area contributed by atoms with Crippen LogP contribution in [0.2, 0.25) is 0 Å². The fourth-order valence-corrected chi connectivity index (χ4v) is 1.74. The lowest BCUT2D eigenvalue weighted by molar-refractivity contribution is -0.143. The van der Waals surface area contributed by atoms with Gasteiger partial charge in [0.05, 0.1) is 6.61 Å². The van der Waals surface area contributed by atoms with E-state index in [1.54, 1.807) is 37.3 Å². The van der Waals surface area contributed by atoms with Crippen LogP contribution in [0.1, 0.15) is 17.3 Å². The van der Waals surface area contributed by atoms with Crippen molar-refractivity contribution < 1.29 is 14.3 Å². The van der Waals surface area contributed by atoms with Crippen LogP contribution in [0, 0.1) is 0 Å². The fraction of sp³-hybridized carbons (Fsp3) is 0.200. The van der Waals surface area contributed by atoms with Gasteiger partial charge in [-0.25, -0.2) is 4.79 Å². The molecule has 7 heteroatoms. The van der Waals surface area contributed by atoms with E-state index in [1.807, 2.05) is 0 Å². The van der Waals surface area contributed by atoms with Gasteiger partial charge in [0.25, 0.3) is 5.91 Å². The number of hydrogen-bond donors (Lipinski definition) is 1. The molecule has 2 aromatic rings. The largest absolute Gasteiger partial charge is 0.465 e. The molecular formula is C15H15N3O4. The molecule has 0 unspecified atom stereocenters. The molecular weight excluding hydrogens is 286 g/mol. The molecule has 1 N–H and O–H groups in total. The molecule has 22 heavy (non-hydrogen) atoms. The number of benzene rings is 1. The van der Waals surface area contributed by atoms with Crippen molar-refractivity contribution in [2.75, 3.05) is 11.9 Å². The zero-order valence-electron chi connectivity index (χ0n) is 12.0. The molecule has 0 aliphatic rings. The van der Waals surface area contributed by atoms with Gasteiger partial charge in [0.15, 0.2) is 0 Å². The van der Waals surface area contributed by atoms with Crippen LogP contribution in [-0.2, 0) is 16.1 Å². The van der Waals surface area contributed by atoms with Gasteiger partial charge >= 0.3 is 11.7 Å². The molecule has 0 aliphatic heterocycles. The Hall–Kier alpha value is -2.96. The third-order valence-corrected chi connectivity index (χ3v) is 2.76. The first-order valence-electron chi connectivity index (χ1n) is 6.69. The van der Waals surface area contributed by atoms with Crippen molar-refractivity contribution >= 4 is 17.7 Å². The molecule has 1 aromatic carbocycles. The number of aromatic nitrogens is 2. The zero-order valence-corrected chi connectivity index (χ0v) is 12.0. The van der Waals surface area contributed by atoms with Gasteiger partial charge in [0.1, 0.15) is 12.4 Å². The van der Waals surface area contributed by atoms with Crippen molar-refractivity contribution in [2.24, 2.45) is 0 Å². The summed E-state index contributed by atoms with van der Waals surface area (Å²) in [5.74, 6) is -0.762.